The summed E-state index contributed by atoms with van der Waals surface area (Å²) in [5.41, 5.74) is 0. The SMILES string of the molecule is CC1=NC2=[N+](C)C(=O)N(C)C(=O)C2C(SCC(=O)N2CCOCC2)=N1. The van der Waals surface area contributed by atoms with Gasteiger partial charge >= 0.3 is 11.9 Å². The van der Waals surface area contributed by atoms with Gasteiger partial charge in [0, 0.05) is 20.0 Å². The van der Waals surface area contributed by atoms with Crippen molar-refractivity contribution in [1.29, 1.82) is 0 Å². The average Bonchev–Trinajstić information content (AvgIpc) is 2.62. The molecule has 0 bridgehead atoms. The van der Waals surface area contributed by atoms with Crippen LogP contribution in [0.2, 0.25) is 0 Å². The third-order valence-electron chi connectivity index (χ3n) is 4.26. The van der Waals surface area contributed by atoms with Crippen LogP contribution in [-0.4, -0.2) is 95.1 Å². The van der Waals surface area contributed by atoms with Crippen molar-refractivity contribution in [3.8, 4) is 0 Å². The normalized spacial score (nSPS) is 24.2. The molecule has 0 N–H and O–H groups in total. The van der Waals surface area contributed by atoms with Crippen molar-refractivity contribution in [3.63, 3.8) is 0 Å². The molecule has 1 unspecified atom stereocenters. The summed E-state index contributed by atoms with van der Waals surface area (Å²) in [5.74, 6) is -0.117. The Morgan fingerprint density at radius 3 is 2.68 bits per heavy atom. The monoisotopic (exact) mass is 366 g/mol. The van der Waals surface area contributed by atoms with Crippen LogP contribution in [0.15, 0.2) is 9.98 Å². The predicted molar refractivity (Wildman–Crippen MR) is 93.2 cm³/mol. The first-order valence-electron chi connectivity index (χ1n) is 7.94. The molecule has 1 atom stereocenters. The first kappa shape index (κ1) is 17.7. The Kier molecular flexibility index (Phi) is 5.00. The molecule has 1 saturated heterocycles. The molecule has 25 heavy (non-hydrogen) atoms. The van der Waals surface area contributed by atoms with Gasteiger partial charge in [-0.3, -0.25) is 9.59 Å². The maximum absolute atomic E-state index is 12.6. The maximum atomic E-state index is 12.6. The second-order valence-corrected chi connectivity index (χ2v) is 6.92. The standard InChI is InChI=1S/C15H20N5O4S/c1-9-16-12-11(14(22)19(3)15(23)18(12)2)13(17-9)25-8-10(21)20-4-6-24-7-5-20/h11H,4-8H2,1-3H3/q+1. The van der Waals surface area contributed by atoms with Gasteiger partial charge in [-0.05, 0) is 0 Å². The van der Waals surface area contributed by atoms with Gasteiger partial charge in [0.1, 0.15) is 5.04 Å². The van der Waals surface area contributed by atoms with Gasteiger partial charge in [-0.2, -0.15) is 9.48 Å². The molecule has 0 saturated carbocycles. The van der Waals surface area contributed by atoms with Crippen molar-refractivity contribution < 1.29 is 23.7 Å². The highest BCUT2D eigenvalue weighted by molar-refractivity contribution is 8.14. The zero-order chi connectivity index (χ0) is 18.1. The molecule has 3 aliphatic heterocycles. The summed E-state index contributed by atoms with van der Waals surface area (Å²) < 4.78 is 6.60. The van der Waals surface area contributed by atoms with Gasteiger partial charge in [0.2, 0.25) is 11.7 Å². The molecule has 0 aliphatic carbocycles. The van der Waals surface area contributed by atoms with E-state index in [4.69, 9.17) is 4.74 Å². The molecule has 3 rings (SSSR count). The third kappa shape index (κ3) is 3.36. The number of rotatable bonds is 2. The largest absolute Gasteiger partial charge is 0.445 e. The van der Waals surface area contributed by atoms with Gasteiger partial charge in [-0.25, -0.2) is 9.79 Å². The zero-order valence-electron chi connectivity index (χ0n) is 14.4. The number of amidine groups is 2. The number of ether oxygens (including phenoxy) is 1. The number of carbonyl (C=O) groups is 3. The second kappa shape index (κ2) is 7.04. The van der Waals surface area contributed by atoms with Crippen LogP contribution >= 0.6 is 11.8 Å². The number of urea groups is 1. The van der Waals surface area contributed by atoms with Crippen molar-refractivity contribution in [2.24, 2.45) is 15.9 Å². The van der Waals surface area contributed by atoms with E-state index in [1.165, 1.54) is 23.4 Å². The lowest BCUT2D eigenvalue weighted by atomic mass is 10.1. The molecular weight excluding hydrogens is 346 g/mol. The zero-order valence-corrected chi connectivity index (χ0v) is 15.2. The summed E-state index contributed by atoms with van der Waals surface area (Å²) in [6.45, 7) is 3.94. The summed E-state index contributed by atoms with van der Waals surface area (Å²) in [6, 6.07) is -0.427. The predicted octanol–water partition coefficient (Wildman–Crippen LogP) is -0.342. The van der Waals surface area contributed by atoms with Crippen LogP contribution < -0.4 is 0 Å². The van der Waals surface area contributed by atoms with Crippen LogP contribution in [0.4, 0.5) is 4.79 Å². The Labute approximate surface area is 149 Å². The van der Waals surface area contributed by atoms with E-state index in [9.17, 15) is 14.4 Å². The lowest BCUT2D eigenvalue weighted by molar-refractivity contribution is -0.407. The number of carbonyl (C=O) groups excluding carboxylic acids is 3. The average molecular weight is 366 g/mol. The van der Waals surface area contributed by atoms with E-state index in [0.29, 0.717) is 43.0 Å². The summed E-state index contributed by atoms with van der Waals surface area (Å²) >= 11 is 1.23. The minimum Gasteiger partial charge on any atom is -0.378 e. The molecule has 1 fully saturated rings. The molecular formula is C15H20N5O4S+. The van der Waals surface area contributed by atoms with E-state index < -0.39 is 11.9 Å². The Hall–Kier alpha value is -2.07. The molecule has 0 radical (unpaired) electrons. The van der Waals surface area contributed by atoms with Crippen LogP contribution in [0.5, 0.6) is 0 Å². The number of fused-ring (bicyclic) bond motifs is 1. The van der Waals surface area contributed by atoms with Gasteiger partial charge in [-0.15, -0.1) is 0 Å². The third-order valence-corrected chi connectivity index (χ3v) is 5.27. The Balaban J connectivity index is 1.79. The fraction of sp³-hybridized carbons (Fsp3) is 0.600. The summed E-state index contributed by atoms with van der Waals surface area (Å²) in [4.78, 5) is 48.4. The van der Waals surface area contributed by atoms with Crippen LogP contribution in [0, 0.1) is 5.92 Å². The van der Waals surface area contributed by atoms with E-state index in [2.05, 4.69) is 9.98 Å². The van der Waals surface area contributed by atoms with E-state index in [1.807, 2.05) is 0 Å². The first-order valence-corrected chi connectivity index (χ1v) is 8.93. The fourth-order valence-corrected chi connectivity index (χ4v) is 3.86. The van der Waals surface area contributed by atoms with E-state index in [1.54, 1.807) is 18.9 Å². The number of morpholine rings is 1. The molecule has 9 nitrogen and oxygen atoms in total. The van der Waals surface area contributed by atoms with E-state index in [-0.39, 0.29) is 17.6 Å². The number of thioether (sulfide) groups is 1. The molecule has 0 aromatic carbocycles. The van der Waals surface area contributed by atoms with Crippen molar-refractivity contribution in [3.05, 3.63) is 0 Å². The Morgan fingerprint density at radius 1 is 1.32 bits per heavy atom. The fourth-order valence-electron chi connectivity index (χ4n) is 2.84. The Morgan fingerprint density at radius 2 is 2.00 bits per heavy atom. The first-order chi connectivity index (χ1) is 11.9. The number of nitrogens with zero attached hydrogens (tertiary/aromatic N) is 5. The van der Waals surface area contributed by atoms with E-state index >= 15 is 0 Å². The summed E-state index contributed by atoms with van der Waals surface area (Å²) in [7, 11) is 3.02. The maximum Gasteiger partial charge on any atom is 0.445 e. The van der Waals surface area contributed by atoms with E-state index in [0.717, 1.165) is 4.90 Å². The van der Waals surface area contributed by atoms with Crippen molar-refractivity contribution in [2.75, 3.05) is 46.2 Å². The van der Waals surface area contributed by atoms with Crippen LogP contribution in [0.25, 0.3) is 0 Å². The molecule has 3 heterocycles. The smallest absolute Gasteiger partial charge is 0.378 e. The van der Waals surface area contributed by atoms with Gasteiger partial charge < -0.3 is 9.64 Å². The molecule has 3 aliphatic rings. The molecule has 0 aromatic heterocycles. The lowest BCUT2D eigenvalue weighted by Gasteiger charge is -2.28. The van der Waals surface area contributed by atoms with Crippen LogP contribution in [0.3, 0.4) is 0 Å². The van der Waals surface area contributed by atoms with Gasteiger partial charge in [-0.1, -0.05) is 16.8 Å². The molecule has 4 amide bonds. The number of imide groups is 1. The molecule has 0 spiro atoms. The van der Waals surface area contributed by atoms with Crippen molar-refractivity contribution in [2.45, 2.75) is 6.92 Å². The number of amides is 4. The molecule has 0 aromatic rings. The Bertz CT molecular complexity index is 723. The van der Waals surface area contributed by atoms with Crippen LogP contribution in [0.1, 0.15) is 6.92 Å². The highest BCUT2D eigenvalue weighted by atomic mass is 32.2. The summed E-state index contributed by atoms with van der Waals surface area (Å²) in [6.07, 6.45) is 0. The van der Waals surface area contributed by atoms with Gasteiger partial charge in [0.15, 0.2) is 5.92 Å². The van der Waals surface area contributed by atoms with Gasteiger partial charge in [0.05, 0.1) is 33.1 Å². The number of hydrogen-bond acceptors (Lipinski definition) is 7. The molecule has 10 heteroatoms. The number of aliphatic imine (C=N–C) groups is 2. The highest BCUT2D eigenvalue weighted by Crippen LogP contribution is 2.25. The minimum atomic E-state index is -0.737. The molecule has 134 valence electrons. The van der Waals surface area contributed by atoms with Crippen molar-refractivity contribution in [1.82, 2.24) is 9.80 Å². The second-order valence-electron chi connectivity index (χ2n) is 5.92. The number of hydrogen-bond donors (Lipinski definition) is 0. The highest BCUT2D eigenvalue weighted by Gasteiger charge is 2.48. The quantitative estimate of drug-likeness (QED) is 0.623. The van der Waals surface area contributed by atoms with Crippen molar-refractivity contribution >= 4 is 46.3 Å². The van der Waals surface area contributed by atoms with Gasteiger partial charge in [0.25, 0.3) is 5.84 Å². The summed E-state index contributed by atoms with van der Waals surface area (Å²) in [5, 5.41) is 0.500. The topological polar surface area (TPSA) is 94.6 Å². The lowest BCUT2D eigenvalue weighted by Crippen LogP contribution is -2.54. The van der Waals surface area contributed by atoms with Crippen LogP contribution in [-0.2, 0) is 14.3 Å². The minimum absolute atomic E-state index is 0.0150.